The lowest BCUT2D eigenvalue weighted by Gasteiger charge is -2.32. The molecule has 1 aromatic rings. The van der Waals surface area contributed by atoms with Crippen LogP contribution < -0.4 is 4.74 Å². The summed E-state index contributed by atoms with van der Waals surface area (Å²) in [4.78, 5) is 32.7. The number of likely N-dealkylation sites (tertiary alicyclic amines) is 1. The van der Waals surface area contributed by atoms with Crippen molar-refractivity contribution in [1.82, 2.24) is 14.9 Å². The van der Waals surface area contributed by atoms with Crippen molar-refractivity contribution in [3.63, 3.8) is 0 Å². The topological polar surface area (TPSA) is 72.4 Å². The Morgan fingerprint density at radius 1 is 1.35 bits per heavy atom. The molecule has 2 heterocycles. The summed E-state index contributed by atoms with van der Waals surface area (Å²) in [6, 6.07) is 2.07. The third kappa shape index (κ3) is 4.29. The highest BCUT2D eigenvalue weighted by Gasteiger charge is 2.25. The molecule has 1 unspecified atom stereocenters. The zero-order valence-electron chi connectivity index (χ0n) is 11.6. The molecule has 1 saturated heterocycles. The molecule has 0 N–H and O–H groups in total. The van der Waals surface area contributed by atoms with Crippen LogP contribution in [0.4, 0.5) is 0 Å². The maximum Gasteiger partial charge on any atom is 0.316 e. The SMILES string of the molecule is CC(=O)CCC(=O)N1CCCC(Oc2ncccn2)C1. The summed E-state index contributed by atoms with van der Waals surface area (Å²) in [5, 5.41) is 0. The molecule has 0 aromatic carbocycles. The van der Waals surface area contributed by atoms with Crippen LogP contribution in [0.3, 0.4) is 0 Å². The van der Waals surface area contributed by atoms with Gasteiger partial charge in [0.05, 0.1) is 6.54 Å². The zero-order chi connectivity index (χ0) is 14.4. The minimum atomic E-state index is -0.0765. The van der Waals surface area contributed by atoms with Crippen molar-refractivity contribution >= 4 is 11.7 Å². The van der Waals surface area contributed by atoms with Crippen LogP contribution >= 0.6 is 0 Å². The van der Waals surface area contributed by atoms with Crippen molar-refractivity contribution in [3.8, 4) is 6.01 Å². The fourth-order valence-electron chi connectivity index (χ4n) is 2.20. The fourth-order valence-corrected chi connectivity index (χ4v) is 2.20. The van der Waals surface area contributed by atoms with Gasteiger partial charge in [0.2, 0.25) is 5.91 Å². The molecule has 6 heteroatoms. The van der Waals surface area contributed by atoms with Gasteiger partial charge in [-0.25, -0.2) is 9.97 Å². The van der Waals surface area contributed by atoms with E-state index in [2.05, 4.69) is 9.97 Å². The fraction of sp³-hybridized carbons (Fsp3) is 0.571. The molecule has 20 heavy (non-hydrogen) atoms. The molecule has 6 nitrogen and oxygen atoms in total. The van der Waals surface area contributed by atoms with E-state index in [1.807, 2.05) is 0 Å². The standard InChI is InChI=1S/C14H19N3O3/c1-11(18)5-6-13(19)17-9-2-4-12(10-17)20-14-15-7-3-8-16-14/h3,7-8,12H,2,4-6,9-10H2,1H3. The number of piperidine rings is 1. The van der Waals surface area contributed by atoms with Crippen molar-refractivity contribution in [3.05, 3.63) is 18.5 Å². The summed E-state index contributed by atoms with van der Waals surface area (Å²) in [5.41, 5.74) is 0. The predicted octanol–water partition coefficient (Wildman–Crippen LogP) is 1.22. The second kappa shape index (κ2) is 6.98. The average molecular weight is 277 g/mol. The molecule has 0 saturated carbocycles. The van der Waals surface area contributed by atoms with E-state index in [4.69, 9.17) is 4.74 Å². The Hall–Kier alpha value is -1.98. The van der Waals surface area contributed by atoms with Crippen molar-refractivity contribution in [2.45, 2.75) is 38.7 Å². The quantitative estimate of drug-likeness (QED) is 0.809. The lowest BCUT2D eigenvalue weighted by atomic mass is 10.1. The first-order chi connectivity index (χ1) is 9.65. The maximum atomic E-state index is 12.0. The van der Waals surface area contributed by atoms with Crippen molar-refractivity contribution in [2.75, 3.05) is 13.1 Å². The molecule has 1 amide bonds. The minimum Gasteiger partial charge on any atom is -0.458 e. The number of nitrogens with zero attached hydrogens (tertiary/aromatic N) is 3. The summed E-state index contributed by atoms with van der Waals surface area (Å²) in [5.74, 6) is 0.0586. The van der Waals surface area contributed by atoms with Crippen LogP contribution in [-0.2, 0) is 9.59 Å². The Bertz CT molecular complexity index is 464. The highest BCUT2D eigenvalue weighted by atomic mass is 16.5. The zero-order valence-corrected chi connectivity index (χ0v) is 11.6. The Morgan fingerprint density at radius 3 is 2.80 bits per heavy atom. The molecule has 1 aliphatic rings. The average Bonchev–Trinajstić information content (AvgIpc) is 2.46. The molecule has 0 radical (unpaired) electrons. The second-order valence-corrected chi connectivity index (χ2v) is 4.96. The molecule has 1 aromatic heterocycles. The number of amides is 1. The lowest BCUT2D eigenvalue weighted by Crippen LogP contribution is -2.44. The van der Waals surface area contributed by atoms with Crippen LogP contribution in [0.25, 0.3) is 0 Å². The monoisotopic (exact) mass is 277 g/mol. The Kier molecular flexibility index (Phi) is 5.03. The smallest absolute Gasteiger partial charge is 0.316 e. The van der Waals surface area contributed by atoms with E-state index in [-0.39, 0.29) is 24.2 Å². The lowest BCUT2D eigenvalue weighted by molar-refractivity contribution is -0.135. The molecule has 1 atom stereocenters. The van der Waals surface area contributed by atoms with Gasteiger partial charge < -0.3 is 14.4 Å². The van der Waals surface area contributed by atoms with Gasteiger partial charge in [0, 0.05) is 31.8 Å². The molecular formula is C14H19N3O3. The van der Waals surface area contributed by atoms with Gasteiger partial charge in [-0.3, -0.25) is 4.79 Å². The number of ether oxygens (including phenoxy) is 1. The van der Waals surface area contributed by atoms with Crippen LogP contribution in [0, 0.1) is 0 Å². The van der Waals surface area contributed by atoms with Gasteiger partial charge in [0.15, 0.2) is 0 Å². The van der Waals surface area contributed by atoms with E-state index >= 15 is 0 Å². The number of ketones is 1. The highest BCUT2D eigenvalue weighted by Crippen LogP contribution is 2.16. The summed E-state index contributed by atoms with van der Waals surface area (Å²) in [7, 11) is 0. The van der Waals surface area contributed by atoms with Crippen molar-refractivity contribution < 1.29 is 14.3 Å². The van der Waals surface area contributed by atoms with E-state index in [0.717, 1.165) is 19.4 Å². The van der Waals surface area contributed by atoms with Crippen LogP contribution in [0.5, 0.6) is 6.01 Å². The van der Waals surface area contributed by atoms with Gasteiger partial charge in [0.25, 0.3) is 0 Å². The van der Waals surface area contributed by atoms with Crippen molar-refractivity contribution in [2.24, 2.45) is 0 Å². The van der Waals surface area contributed by atoms with Gasteiger partial charge in [-0.2, -0.15) is 0 Å². The van der Waals surface area contributed by atoms with E-state index in [9.17, 15) is 9.59 Å². The molecule has 2 rings (SSSR count). The Balaban J connectivity index is 1.85. The molecule has 0 bridgehead atoms. The number of hydrogen-bond acceptors (Lipinski definition) is 5. The molecule has 0 aliphatic carbocycles. The number of hydrogen-bond donors (Lipinski definition) is 0. The first-order valence-corrected chi connectivity index (χ1v) is 6.86. The van der Waals surface area contributed by atoms with Gasteiger partial charge >= 0.3 is 6.01 Å². The molecular weight excluding hydrogens is 258 g/mol. The maximum absolute atomic E-state index is 12.0. The predicted molar refractivity (Wildman–Crippen MR) is 72.2 cm³/mol. The summed E-state index contributed by atoms with van der Waals surface area (Å²) in [6.45, 7) is 2.77. The summed E-state index contributed by atoms with van der Waals surface area (Å²) in [6.07, 6.45) is 5.54. The molecule has 108 valence electrons. The van der Waals surface area contributed by atoms with E-state index in [0.29, 0.717) is 19.0 Å². The highest BCUT2D eigenvalue weighted by molar-refractivity contribution is 5.83. The Morgan fingerprint density at radius 2 is 2.10 bits per heavy atom. The van der Waals surface area contributed by atoms with Crippen LogP contribution in [0.15, 0.2) is 18.5 Å². The van der Waals surface area contributed by atoms with Gasteiger partial charge in [-0.05, 0) is 25.8 Å². The van der Waals surface area contributed by atoms with E-state index in [1.165, 1.54) is 6.92 Å². The Labute approximate surface area is 118 Å². The minimum absolute atomic E-state index is 0.0162. The normalized spacial score (nSPS) is 18.6. The first-order valence-electron chi connectivity index (χ1n) is 6.86. The summed E-state index contributed by atoms with van der Waals surface area (Å²) >= 11 is 0. The number of carbonyl (C=O) groups excluding carboxylic acids is 2. The first kappa shape index (κ1) is 14.4. The second-order valence-electron chi connectivity index (χ2n) is 4.96. The third-order valence-corrected chi connectivity index (χ3v) is 3.24. The molecule has 0 spiro atoms. The third-order valence-electron chi connectivity index (χ3n) is 3.24. The van der Waals surface area contributed by atoms with Gasteiger partial charge in [-0.1, -0.05) is 0 Å². The largest absolute Gasteiger partial charge is 0.458 e. The van der Waals surface area contributed by atoms with Crippen LogP contribution in [0.1, 0.15) is 32.6 Å². The van der Waals surface area contributed by atoms with E-state index < -0.39 is 0 Å². The molecule has 1 fully saturated rings. The number of Topliss-reactive ketones (excluding diaryl/α,β-unsaturated/α-hetero) is 1. The molecule has 1 aliphatic heterocycles. The summed E-state index contributed by atoms with van der Waals surface area (Å²) < 4.78 is 5.68. The van der Waals surface area contributed by atoms with Gasteiger partial charge in [-0.15, -0.1) is 0 Å². The number of aromatic nitrogens is 2. The number of rotatable bonds is 5. The van der Waals surface area contributed by atoms with Crippen LogP contribution in [-0.4, -0.2) is 45.8 Å². The number of carbonyl (C=O) groups is 2. The van der Waals surface area contributed by atoms with Gasteiger partial charge in [0.1, 0.15) is 11.9 Å². The van der Waals surface area contributed by atoms with Crippen molar-refractivity contribution in [1.29, 1.82) is 0 Å². The van der Waals surface area contributed by atoms with E-state index in [1.54, 1.807) is 23.4 Å². The van der Waals surface area contributed by atoms with Crippen LogP contribution in [0.2, 0.25) is 0 Å².